The van der Waals surface area contributed by atoms with Gasteiger partial charge in [-0.1, -0.05) is 0 Å². The minimum Gasteiger partial charge on any atom is -0.493 e. The van der Waals surface area contributed by atoms with Crippen LogP contribution in [0.5, 0.6) is 11.5 Å². The SMILES string of the molecule is CCOc1cc2c(cc1OC)C=NC1CCC(O)CC21. The van der Waals surface area contributed by atoms with Gasteiger partial charge in [-0.25, -0.2) is 0 Å². The smallest absolute Gasteiger partial charge is 0.161 e. The molecule has 0 aromatic heterocycles. The van der Waals surface area contributed by atoms with Crippen LogP contribution in [0.2, 0.25) is 0 Å². The van der Waals surface area contributed by atoms with Crippen LogP contribution in [0.3, 0.4) is 0 Å². The Morgan fingerprint density at radius 3 is 2.90 bits per heavy atom. The maximum absolute atomic E-state index is 9.94. The molecule has 0 amide bonds. The van der Waals surface area contributed by atoms with Gasteiger partial charge < -0.3 is 14.6 Å². The Bertz CT molecular complexity index is 527. The third-order valence-electron chi connectivity index (χ3n) is 4.26. The monoisotopic (exact) mass is 275 g/mol. The molecule has 0 radical (unpaired) electrons. The van der Waals surface area contributed by atoms with Crippen molar-refractivity contribution in [3.63, 3.8) is 0 Å². The van der Waals surface area contributed by atoms with Gasteiger partial charge in [0.15, 0.2) is 11.5 Å². The predicted octanol–water partition coefficient (Wildman–Crippen LogP) is 2.52. The normalized spacial score (nSPS) is 27.6. The molecule has 4 nitrogen and oxygen atoms in total. The lowest BCUT2D eigenvalue weighted by atomic mass is 9.76. The molecule has 1 heterocycles. The Morgan fingerprint density at radius 2 is 2.15 bits per heavy atom. The quantitative estimate of drug-likeness (QED) is 0.922. The third kappa shape index (κ3) is 2.29. The minimum atomic E-state index is -0.213. The number of benzene rings is 1. The van der Waals surface area contributed by atoms with Crippen molar-refractivity contribution in [2.75, 3.05) is 13.7 Å². The van der Waals surface area contributed by atoms with Gasteiger partial charge in [0.2, 0.25) is 0 Å². The first-order valence-corrected chi connectivity index (χ1v) is 7.29. The van der Waals surface area contributed by atoms with Gasteiger partial charge in [-0.3, -0.25) is 4.99 Å². The van der Waals surface area contributed by atoms with Crippen LogP contribution < -0.4 is 9.47 Å². The first kappa shape index (κ1) is 13.4. The Labute approximate surface area is 119 Å². The molecule has 1 aromatic carbocycles. The molecule has 3 atom stereocenters. The number of hydrogen-bond donors (Lipinski definition) is 1. The summed E-state index contributed by atoms with van der Waals surface area (Å²) < 4.78 is 11.1. The average Bonchev–Trinajstić information content (AvgIpc) is 2.47. The number of hydrogen-bond acceptors (Lipinski definition) is 4. The Hall–Kier alpha value is -1.55. The van der Waals surface area contributed by atoms with Crippen LogP contribution in [-0.2, 0) is 0 Å². The molecule has 1 aromatic rings. The van der Waals surface area contributed by atoms with Crippen molar-refractivity contribution in [1.82, 2.24) is 0 Å². The van der Waals surface area contributed by atoms with E-state index in [-0.39, 0.29) is 6.10 Å². The van der Waals surface area contributed by atoms with Crippen LogP contribution in [0.15, 0.2) is 17.1 Å². The van der Waals surface area contributed by atoms with E-state index in [4.69, 9.17) is 9.47 Å². The molecule has 1 fully saturated rings. The number of aliphatic hydroxyl groups excluding tert-OH is 1. The summed E-state index contributed by atoms with van der Waals surface area (Å²) in [5, 5.41) is 9.94. The molecular weight excluding hydrogens is 254 g/mol. The van der Waals surface area contributed by atoms with Crippen molar-refractivity contribution in [3.05, 3.63) is 23.3 Å². The second-order valence-corrected chi connectivity index (χ2v) is 5.48. The summed E-state index contributed by atoms with van der Waals surface area (Å²) >= 11 is 0. The molecule has 0 bridgehead atoms. The summed E-state index contributed by atoms with van der Waals surface area (Å²) in [6, 6.07) is 4.35. The number of aliphatic hydroxyl groups is 1. The molecular formula is C16H21NO3. The van der Waals surface area contributed by atoms with E-state index >= 15 is 0 Å². The highest BCUT2D eigenvalue weighted by atomic mass is 16.5. The van der Waals surface area contributed by atoms with Gasteiger partial charge in [0.25, 0.3) is 0 Å². The Kier molecular flexibility index (Phi) is 3.66. The van der Waals surface area contributed by atoms with Gasteiger partial charge in [0.1, 0.15) is 0 Å². The summed E-state index contributed by atoms with van der Waals surface area (Å²) in [6.45, 7) is 2.58. The molecule has 1 N–H and O–H groups in total. The van der Waals surface area contributed by atoms with Crippen LogP contribution in [0.25, 0.3) is 0 Å². The summed E-state index contributed by atoms with van der Waals surface area (Å²) in [6.07, 6.45) is 4.31. The zero-order valence-electron chi connectivity index (χ0n) is 12.0. The molecule has 20 heavy (non-hydrogen) atoms. The van der Waals surface area contributed by atoms with Gasteiger partial charge in [-0.15, -0.1) is 0 Å². The highest BCUT2D eigenvalue weighted by Gasteiger charge is 2.34. The number of ether oxygens (including phenoxy) is 2. The Balaban J connectivity index is 2.02. The van der Waals surface area contributed by atoms with E-state index in [1.165, 1.54) is 5.56 Å². The number of methoxy groups -OCH3 is 1. The lowest BCUT2D eigenvalue weighted by Gasteiger charge is -2.35. The molecule has 3 rings (SSSR count). The second kappa shape index (κ2) is 5.44. The predicted molar refractivity (Wildman–Crippen MR) is 78.1 cm³/mol. The van der Waals surface area contributed by atoms with Crippen LogP contribution in [0.1, 0.15) is 43.2 Å². The number of nitrogens with zero attached hydrogens (tertiary/aromatic N) is 1. The van der Waals surface area contributed by atoms with E-state index in [0.717, 1.165) is 36.3 Å². The molecule has 2 aliphatic rings. The molecule has 4 heteroatoms. The van der Waals surface area contributed by atoms with E-state index in [1.807, 2.05) is 19.2 Å². The highest BCUT2D eigenvalue weighted by Crippen LogP contribution is 2.42. The average molecular weight is 275 g/mol. The van der Waals surface area contributed by atoms with Crippen molar-refractivity contribution >= 4 is 6.21 Å². The van der Waals surface area contributed by atoms with Crippen LogP contribution >= 0.6 is 0 Å². The third-order valence-corrected chi connectivity index (χ3v) is 4.26. The zero-order valence-corrected chi connectivity index (χ0v) is 12.0. The number of aliphatic imine (C=N–C) groups is 1. The first-order valence-electron chi connectivity index (χ1n) is 7.29. The fraction of sp³-hybridized carbons (Fsp3) is 0.562. The van der Waals surface area contributed by atoms with Crippen molar-refractivity contribution in [2.24, 2.45) is 4.99 Å². The van der Waals surface area contributed by atoms with E-state index in [9.17, 15) is 5.11 Å². The van der Waals surface area contributed by atoms with Crippen molar-refractivity contribution in [3.8, 4) is 11.5 Å². The number of fused-ring (bicyclic) bond motifs is 3. The molecule has 0 saturated heterocycles. The summed E-state index contributed by atoms with van der Waals surface area (Å²) in [4.78, 5) is 4.65. The standard InChI is InChI=1S/C16H21NO3/c1-3-20-16-8-12-10(6-15(16)19-2)9-17-14-5-4-11(18)7-13(12)14/h6,8-9,11,13-14,18H,3-5,7H2,1-2H3. The summed E-state index contributed by atoms with van der Waals surface area (Å²) in [7, 11) is 1.65. The van der Waals surface area contributed by atoms with Gasteiger partial charge in [-0.05, 0) is 49.4 Å². The maximum atomic E-state index is 9.94. The first-order chi connectivity index (χ1) is 9.72. The molecule has 1 aliphatic heterocycles. The van der Waals surface area contributed by atoms with E-state index < -0.39 is 0 Å². The molecule has 1 saturated carbocycles. The van der Waals surface area contributed by atoms with Crippen molar-refractivity contribution in [1.29, 1.82) is 0 Å². The zero-order chi connectivity index (χ0) is 14.1. The lowest BCUT2D eigenvalue weighted by molar-refractivity contribution is 0.111. The van der Waals surface area contributed by atoms with Crippen LogP contribution in [0, 0.1) is 0 Å². The van der Waals surface area contributed by atoms with Gasteiger partial charge >= 0.3 is 0 Å². The minimum absolute atomic E-state index is 0.213. The van der Waals surface area contributed by atoms with Crippen LogP contribution in [-0.4, -0.2) is 37.2 Å². The summed E-state index contributed by atoms with van der Waals surface area (Å²) in [5.74, 6) is 1.82. The lowest BCUT2D eigenvalue weighted by Crippen LogP contribution is -2.32. The van der Waals surface area contributed by atoms with E-state index in [0.29, 0.717) is 18.6 Å². The largest absolute Gasteiger partial charge is 0.493 e. The fourth-order valence-corrected chi connectivity index (χ4v) is 3.27. The van der Waals surface area contributed by atoms with Crippen molar-refractivity contribution in [2.45, 2.75) is 44.2 Å². The van der Waals surface area contributed by atoms with Gasteiger partial charge in [0, 0.05) is 12.1 Å². The molecule has 3 unspecified atom stereocenters. The Morgan fingerprint density at radius 1 is 1.30 bits per heavy atom. The maximum Gasteiger partial charge on any atom is 0.161 e. The highest BCUT2D eigenvalue weighted by molar-refractivity contribution is 5.85. The second-order valence-electron chi connectivity index (χ2n) is 5.48. The van der Waals surface area contributed by atoms with Crippen molar-refractivity contribution < 1.29 is 14.6 Å². The fourth-order valence-electron chi connectivity index (χ4n) is 3.27. The van der Waals surface area contributed by atoms with Gasteiger partial charge in [-0.2, -0.15) is 0 Å². The van der Waals surface area contributed by atoms with Crippen LogP contribution in [0.4, 0.5) is 0 Å². The topological polar surface area (TPSA) is 51.0 Å². The number of rotatable bonds is 3. The molecule has 1 aliphatic carbocycles. The van der Waals surface area contributed by atoms with E-state index in [2.05, 4.69) is 11.1 Å². The summed E-state index contributed by atoms with van der Waals surface area (Å²) in [5.41, 5.74) is 2.31. The van der Waals surface area contributed by atoms with Gasteiger partial charge in [0.05, 0.1) is 25.9 Å². The molecule has 0 spiro atoms. The molecule has 108 valence electrons. The van der Waals surface area contributed by atoms with E-state index in [1.54, 1.807) is 7.11 Å².